The SMILES string of the molecule is Cn1c(=O)c2c(ncn2CCN[NH3+])n(C)c1=O.[Cl-]. The van der Waals surface area contributed by atoms with E-state index in [-0.39, 0.29) is 23.7 Å². The van der Waals surface area contributed by atoms with Crippen molar-refractivity contribution in [3.63, 3.8) is 0 Å². The number of fused-ring (bicyclic) bond motifs is 1. The first kappa shape index (κ1) is 14.4. The second-order valence-corrected chi connectivity index (χ2v) is 3.82. The smallest absolute Gasteiger partial charge is 0.332 e. The zero-order chi connectivity index (χ0) is 12.6. The van der Waals surface area contributed by atoms with Gasteiger partial charge in [-0.1, -0.05) is 0 Å². The summed E-state index contributed by atoms with van der Waals surface area (Å²) in [6, 6.07) is 0. The highest BCUT2D eigenvalue weighted by molar-refractivity contribution is 5.69. The zero-order valence-corrected chi connectivity index (χ0v) is 10.9. The number of nitrogens with one attached hydrogen (secondary N) is 1. The van der Waals surface area contributed by atoms with E-state index in [0.717, 1.165) is 4.57 Å². The van der Waals surface area contributed by atoms with Gasteiger partial charge < -0.3 is 17.0 Å². The predicted octanol–water partition coefficient (Wildman–Crippen LogP) is -5.82. The Bertz CT molecular complexity index is 670. The molecule has 0 spiro atoms. The third-order valence-electron chi connectivity index (χ3n) is 2.75. The summed E-state index contributed by atoms with van der Waals surface area (Å²) in [5.41, 5.74) is 2.89. The maximum absolute atomic E-state index is 12.0. The average molecular weight is 275 g/mol. The molecular formula is C9H15ClN6O2. The summed E-state index contributed by atoms with van der Waals surface area (Å²) >= 11 is 0. The monoisotopic (exact) mass is 274 g/mol. The third-order valence-corrected chi connectivity index (χ3v) is 2.75. The molecule has 0 bridgehead atoms. The first-order valence-electron chi connectivity index (χ1n) is 5.18. The maximum Gasteiger partial charge on any atom is 0.332 e. The van der Waals surface area contributed by atoms with Crippen LogP contribution in [0.4, 0.5) is 0 Å². The lowest BCUT2D eigenvalue weighted by Crippen LogP contribution is -3.00. The van der Waals surface area contributed by atoms with Gasteiger partial charge in [0.2, 0.25) is 0 Å². The Kier molecular flexibility index (Phi) is 4.28. The van der Waals surface area contributed by atoms with Crippen molar-refractivity contribution in [1.29, 1.82) is 0 Å². The minimum atomic E-state index is -0.372. The minimum absolute atomic E-state index is 0. The lowest BCUT2D eigenvalue weighted by Gasteiger charge is -2.05. The molecule has 0 fully saturated rings. The van der Waals surface area contributed by atoms with Crippen molar-refractivity contribution in [2.24, 2.45) is 14.1 Å². The van der Waals surface area contributed by atoms with Gasteiger partial charge in [0.1, 0.15) is 0 Å². The van der Waals surface area contributed by atoms with E-state index in [2.05, 4.69) is 16.3 Å². The Morgan fingerprint density at radius 3 is 2.61 bits per heavy atom. The first-order valence-corrected chi connectivity index (χ1v) is 5.18. The van der Waals surface area contributed by atoms with Crippen LogP contribution < -0.4 is 34.9 Å². The van der Waals surface area contributed by atoms with Crippen molar-refractivity contribution >= 4 is 11.2 Å². The number of rotatable bonds is 3. The molecule has 18 heavy (non-hydrogen) atoms. The average Bonchev–Trinajstić information content (AvgIpc) is 2.75. The van der Waals surface area contributed by atoms with Crippen molar-refractivity contribution in [2.75, 3.05) is 6.54 Å². The molecule has 8 nitrogen and oxygen atoms in total. The molecule has 2 aromatic rings. The minimum Gasteiger partial charge on any atom is -1.00 e. The second-order valence-electron chi connectivity index (χ2n) is 3.82. The second kappa shape index (κ2) is 5.34. The van der Waals surface area contributed by atoms with Crippen LogP contribution in [-0.4, -0.2) is 25.2 Å². The van der Waals surface area contributed by atoms with Crippen molar-refractivity contribution in [3.8, 4) is 0 Å². The Morgan fingerprint density at radius 2 is 2.00 bits per heavy atom. The zero-order valence-electron chi connectivity index (χ0n) is 10.2. The van der Waals surface area contributed by atoms with Crippen LogP contribution in [0.1, 0.15) is 0 Å². The molecule has 4 N–H and O–H groups in total. The van der Waals surface area contributed by atoms with E-state index in [0.29, 0.717) is 24.3 Å². The number of nitrogens with zero attached hydrogens (tertiary/aromatic N) is 4. The summed E-state index contributed by atoms with van der Waals surface area (Å²) in [5.74, 6) is 3.51. The fraction of sp³-hybridized carbons (Fsp3) is 0.444. The number of hydrogen-bond acceptors (Lipinski definition) is 4. The van der Waals surface area contributed by atoms with Gasteiger partial charge in [0.05, 0.1) is 12.9 Å². The van der Waals surface area contributed by atoms with Gasteiger partial charge in [-0.05, 0) is 0 Å². The van der Waals surface area contributed by atoms with E-state index in [9.17, 15) is 9.59 Å². The van der Waals surface area contributed by atoms with Gasteiger partial charge in [-0.25, -0.2) is 9.78 Å². The number of quaternary nitrogens is 1. The number of hydrogen-bond donors (Lipinski definition) is 2. The number of halogens is 1. The summed E-state index contributed by atoms with van der Waals surface area (Å²) in [6.07, 6.45) is 1.56. The molecule has 0 aliphatic heterocycles. The molecule has 100 valence electrons. The normalized spacial score (nSPS) is 10.6. The van der Waals surface area contributed by atoms with Crippen molar-refractivity contribution < 1.29 is 18.2 Å². The molecule has 0 aromatic carbocycles. The summed E-state index contributed by atoms with van der Waals surface area (Å²) in [7, 11) is 3.06. The third kappa shape index (κ3) is 2.05. The Balaban J connectivity index is 0.00000162. The summed E-state index contributed by atoms with van der Waals surface area (Å²) < 4.78 is 4.16. The van der Waals surface area contributed by atoms with E-state index in [4.69, 9.17) is 0 Å². The quantitative estimate of drug-likeness (QED) is 0.545. The lowest BCUT2D eigenvalue weighted by molar-refractivity contribution is -0.443. The fourth-order valence-electron chi connectivity index (χ4n) is 1.77. The van der Waals surface area contributed by atoms with Crippen LogP contribution in [0.2, 0.25) is 0 Å². The molecular weight excluding hydrogens is 260 g/mol. The summed E-state index contributed by atoms with van der Waals surface area (Å²) in [4.78, 5) is 27.8. The molecule has 0 unspecified atom stereocenters. The fourth-order valence-corrected chi connectivity index (χ4v) is 1.77. The Hall–Kier alpha value is -1.64. The van der Waals surface area contributed by atoms with Gasteiger partial charge in [0, 0.05) is 20.6 Å². The molecule has 0 aliphatic rings. The molecule has 0 atom stereocenters. The van der Waals surface area contributed by atoms with E-state index in [1.807, 2.05) is 0 Å². The van der Waals surface area contributed by atoms with Crippen LogP contribution in [0.3, 0.4) is 0 Å². The van der Waals surface area contributed by atoms with E-state index in [1.54, 1.807) is 17.9 Å². The molecule has 0 amide bonds. The van der Waals surface area contributed by atoms with Crippen LogP contribution in [0.15, 0.2) is 15.9 Å². The highest BCUT2D eigenvalue weighted by Crippen LogP contribution is 2.04. The van der Waals surface area contributed by atoms with Gasteiger partial charge >= 0.3 is 5.69 Å². The van der Waals surface area contributed by atoms with Gasteiger partial charge in [-0.2, -0.15) is 5.43 Å². The standard InChI is InChI=1S/C9H14N6O2.ClH/c1-13-7-6(8(16)14(2)9(13)17)15(5-11-7)4-3-12-10;/h5,12H,3-4,10H2,1-2H3;1H. The van der Waals surface area contributed by atoms with E-state index in [1.165, 1.54) is 11.6 Å². The molecule has 0 saturated carbocycles. The predicted molar refractivity (Wildman–Crippen MR) is 61.1 cm³/mol. The Morgan fingerprint density at radius 1 is 1.33 bits per heavy atom. The van der Waals surface area contributed by atoms with E-state index < -0.39 is 0 Å². The van der Waals surface area contributed by atoms with Crippen molar-refractivity contribution in [1.82, 2.24) is 24.1 Å². The van der Waals surface area contributed by atoms with Crippen molar-refractivity contribution in [2.45, 2.75) is 6.54 Å². The van der Waals surface area contributed by atoms with Crippen LogP contribution in [0, 0.1) is 0 Å². The van der Waals surface area contributed by atoms with Gasteiger partial charge in [-0.15, -0.1) is 0 Å². The molecule has 0 radical (unpaired) electrons. The molecule has 9 heteroatoms. The van der Waals surface area contributed by atoms with E-state index >= 15 is 0 Å². The lowest BCUT2D eigenvalue weighted by atomic mass is 10.5. The largest absolute Gasteiger partial charge is 1.00 e. The number of aromatic nitrogens is 4. The molecule has 2 rings (SSSR count). The molecule has 0 saturated heterocycles. The summed E-state index contributed by atoms with van der Waals surface area (Å²) in [5, 5.41) is 0. The summed E-state index contributed by atoms with van der Waals surface area (Å²) in [6.45, 7) is 1.20. The molecule has 2 aromatic heterocycles. The molecule has 2 heterocycles. The van der Waals surface area contributed by atoms with Crippen LogP contribution in [-0.2, 0) is 20.6 Å². The first-order chi connectivity index (χ1) is 8.07. The van der Waals surface area contributed by atoms with Crippen LogP contribution >= 0.6 is 0 Å². The molecule has 0 aliphatic carbocycles. The maximum atomic E-state index is 12.0. The number of imidazole rings is 1. The topological polar surface area (TPSA) is 101 Å². The van der Waals surface area contributed by atoms with Crippen molar-refractivity contribution in [3.05, 3.63) is 27.2 Å². The van der Waals surface area contributed by atoms with Crippen LogP contribution in [0.5, 0.6) is 0 Å². The van der Waals surface area contributed by atoms with Gasteiger partial charge in [0.25, 0.3) is 5.56 Å². The van der Waals surface area contributed by atoms with Crippen LogP contribution in [0.25, 0.3) is 11.2 Å². The highest BCUT2D eigenvalue weighted by atomic mass is 35.5. The number of aryl methyl sites for hydroxylation is 1. The Labute approximate surface area is 108 Å². The van der Waals surface area contributed by atoms with Gasteiger partial charge in [0.15, 0.2) is 11.2 Å². The van der Waals surface area contributed by atoms with Gasteiger partial charge in [-0.3, -0.25) is 19.8 Å². The highest BCUT2D eigenvalue weighted by Gasteiger charge is 2.13.